The van der Waals surface area contributed by atoms with Crippen molar-refractivity contribution in [1.29, 1.82) is 0 Å². The highest BCUT2D eigenvalue weighted by Gasteiger charge is 2.16. The zero-order valence-electron chi connectivity index (χ0n) is 16.3. The summed E-state index contributed by atoms with van der Waals surface area (Å²) in [5.74, 6) is 0. The second kappa shape index (κ2) is 6.93. The molecule has 1 aromatic carbocycles. The number of benzene rings is 1. The lowest BCUT2D eigenvalue weighted by atomic mass is 10.1. The fourth-order valence-electron chi connectivity index (χ4n) is 3.54. The Morgan fingerprint density at radius 1 is 1.20 bits per heavy atom. The number of rotatable bonds is 5. The van der Waals surface area contributed by atoms with Crippen molar-refractivity contribution < 1.29 is 0 Å². The van der Waals surface area contributed by atoms with Crippen molar-refractivity contribution in [3.05, 3.63) is 70.7 Å². The molecule has 0 aliphatic rings. The first-order valence-corrected chi connectivity index (χ1v) is 10.3. The molecule has 0 amide bonds. The first-order valence-electron chi connectivity index (χ1n) is 9.46. The zero-order valence-corrected chi connectivity index (χ0v) is 17.1. The van der Waals surface area contributed by atoms with Gasteiger partial charge < -0.3 is 0 Å². The number of hydrogen-bond acceptors (Lipinski definition) is 5. The van der Waals surface area contributed by atoms with Gasteiger partial charge in [0.05, 0.1) is 33.5 Å². The number of H-pyrrole nitrogens is 1. The molecule has 0 radical (unpaired) electrons. The van der Waals surface area contributed by atoms with Crippen LogP contribution in [0.4, 0.5) is 0 Å². The molecule has 8 heteroatoms. The maximum atomic E-state index is 12.7. The molecule has 1 N–H and O–H groups in total. The van der Waals surface area contributed by atoms with E-state index in [1.165, 1.54) is 21.9 Å². The smallest absolute Gasteiger partial charge is 0.273 e. The van der Waals surface area contributed by atoms with Crippen LogP contribution < -0.4 is 5.56 Å². The van der Waals surface area contributed by atoms with Crippen molar-refractivity contribution in [1.82, 2.24) is 29.4 Å². The Bertz CT molecular complexity index is 1470. The lowest BCUT2D eigenvalue weighted by molar-refractivity contribution is 0.684. The minimum absolute atomic E-state index is 0.185. The van der Waals surface area contributed by atoms with Gasteiger partial charge in [-0.2, -0.15) is 5.10 Å². The molecule has 0 fully saturated rings. The van der Waals surface area contributed by atoms with Gasteiger partial charge in [0.25, 0.3) is 5.56 Å². The molecule has 0 aliphatic carbocycles. The highest BCUT2D eigenvalue weighted by atomic mass is 32.1. The lowest BCUT2D eigenvalue weighted by Gasteiger charge is -2.04. The van der Waals surface area contributed by atoms with E-state index in [9.17, 15) is 4.79 Å². The molecule has 5 rings (SSSR count). The molecule has 148 valence electrons. The monoisotopic (exact) mass is 414 g/mol. The molecule has 7 nitrogen and oxygen atoms in total. The van der Waals surface area contributed by atoms with E-state index in [4.69, 9.17) is 4.98 Å². The number of hydrogen-bond donors (Lipinski definition) is 1. The highest BCUT2D eigenvalue weighted by Crippen LogP contribution is 2.32. The maximum Gasteiger partial charge on any atom is 0.273 e. The normalized spacial score (nSPS) is 11.4. The summed E-state index contributed by atoms with van der Waals surface area (Å²) in [6, 6.07) is 7.52. The number of nitrogens with zero attached hydrogens (tertiary/aromatic N) is 5. The largest absolute Gasteiger partial charge is 0.296 e. The predicted octanol–water partition coefficient (Wildman–Crippen LogP) is 4.47. The summed E-state index contributed by atoms with van der Waals surface area (Å²) >= 11 is 1.48. The summed E-state index contributed by atoms with van der Waals surface area (Å²) in [5, 5.41) is 9.14. The van der Waals surface area contributed by atoms with Crippen molar-refractivity contribution in [3.63, 3.8) is 0 Å². The number of thiazole rings is 1. The summed E-state index contributed by atoms with van der Waals surface area (Å²) in [5.41, 5.74) is 4.39. The summed E-state index contributed by atoms with van der Waals surface area (Å²) in [7, 11) is 0. The van der Waals surface area contributed by atoms with E-state index in [0.29, 0.717) is 11.3 Å². The van der Waals surface area contributed by atoms with Crippen LogP contribution >= 0.6 is 11.3 Å². The Balaban J connectivity index is 1.69. The van der Waals surface area contributed by atoms with Crippen LogP contribution in [-0.4, -0.2) is 29.4 Å². The summed E-state index contributed by atoms with van der Waals surface area (Å²) in [4.78, 5) is 23.1. The van der Waals surface area contributed by atoms with Crippen LogP contribution in [-0.2, 0) is 6.54 Å². The molecule has 0 saturated heterocycles. The number of fused-ring (bicyclic) bond motifs is 2. The van der Waals surface area contributed by atoms with Crippen molar-refractivity contribution in [2.75, 3.05) is 0 Å². The molecule has 4 aromatic heterocycles. The van der Waals surface area contributed by atoms with Gasteiger partial charge in [-0.05, 0) is 31.2 Å². The lowest BCUT2D eigenvalue weighted by Crippen LogP contribution is -2.14. The summed E-state index contributed by atoms with van der Waals surface area (Å²) < 4.78 is 3.36. The fourth-order valence-corrected chi connectivity index (χ4v) is 4.47. The zero-order chi connectivity index (χ0) is 20.8. The molecule has 0 aliphatic heterocycles. The molecular weight excluding hydrogens is 396 g/mol. The van der Waals surface area contributed by atoms with Gasteiger partial charge >= 0.3 is 0 Å². The van der Waals surface area contributed by atoms with E-state index in [1.54, 1.807) is 18.3 Å². The standard InChI is InChI=1S/C22H18N6OS/c1-4-16-19(5-2)30-22(26-16)15-12-24-28-20(29)10-17(25-21(15)28)13-7-8-18-14(9-13)11-23-27(18)6-3/h4-5,7-12,24H,1-2,6H2,3H3. The minimum atomic E-state index is -0.185. The average molecular weight is 414 g/mol. The van der Waals surface area contributed by atoms with Crippen LogP contribution in [0.3, 0.4) is 0 Å². The van der Waals surface area contributed by atoms with Crippen LogP contribution in [0.1, 0.15) is 17.5 Å². The summed E-state index contributed by atoms with van der Waals surface area (Å²) in [6.45, 7) is 10.5. The van der Waals surface area contributed by atoms with Gasteiger partial charge in [0.15, 0.2) is 5.65 Å². The third-order valence-electron chi connectivity index (χ3n) is 5.02. The van der Waals surface area contributed by atoms with E-state index >= 15 is 0 Å². The van der Waals surface area contributed by atoms with Gasteiger partial charge in [0.2, 0.25) is 0 Å². The third-order valence-corrected chi connectivity index (χ3v) is 6.13. The Labute approximate surface area is 175 Å². The maximum absolute atomic E-state index is 12.7. The second-order valence-electron chi connectivity index (χ2n) is 6.74. The van der Waals surface area contributed by atoms with Crippen LogP contribution in [0.15, 0.2) is 54.6 Å². The number of aromatic nitrogens is 6. The number of nitrogens with one attached hydrogen (secondary N) is 1. The van der Waals surface area contributed by atoms with Crippen molar-refractivity contribution in [2.24, 2.45) is 0 Å². The topological polar surface area (TPSA) is 80.9 Å². The first-order chi connectivity index (χ1) is 14.6. The van der Waals surface area contributed by atoms with E-state index < -0.39 is 0 Å². The second-order valence-corrected chi connectivity index (χ2v) is 7.77. The van der Waals surface area contributed by atoms with Gasteiger partial charge in [-0.25, -0.2) is 14.5 Å². The average Bonchev–Trinajstić information content (AvgIpc) is 3.48. The molecule has 5 aromatic rings. The van der Waals surface area contributed by atoms with E-state index in [0.717, 1.165) is 44.2 Å². The predicted molar refractivity (Wildman–Crippen MR) is 122 cm³/mol. The van der Waals surface area contributed by atoms with Crippen LogP contribution in [0.2, 0.25) is 0 Å². The van der Waals surface area contributed by atoms with Gasteiger partial charge in [-0.15, -0.1) is 11.3 Å². The van der Waals surface area contributed by atoms with Gasteiger partial charge in [0.1, 0.15) is 5.01 Å². The quantitative estimate of drug-likeness (QED) is 0.460. The molecule has 0 bridgehead atoms. The SMILES string of the molecule is C=Cc1nc(-c2c[nH]n3c(=O)cc(-c4ccc5c(cnn5CC)c4)nc23)sc1C=C. The number of aromatic amines is 1. The fraction of sp³-hybridized carbons (Fsp3) is 0.0909. The van der Waals surface area contributed by atoms with Crippen molar-refractivity contribution >= 4 is 40.0 Å². The van der Waals surface area contributed by atoms with Gasteiger partial charge in [0, 0.05) is 29.8 Å². The Hall–Kier alpha value is -3.78. The summed E-state index contributed by atoms with van der Waals surface area (Å²) in [6.07, 6.45) is 7.03. The highest BCUT2D eigenvalue weighted by molar-refractivity contribution is 7.16. The first kappa shape index (κ1) is 18.3. The van der Waals surface area contributed by atoms with Crippen LogP contribution in [0.5, 0.6) is 0 Å². The molecule has 0 atom stereocenters. The van der Waals surface area contributed by atoms with E-state index in [2.05, 4.69) is 35.3 Å². The number of aryl methyl sites for hydroxylation is 1. The van der Waals surface area contributed by atoms with Crippen molar-refractivity contribution in [2.45, 2.75) is 13.5 Å². The molecule has 0 saturated carbocycles. The Kier molecular flexibility index (Phi) is 4.22. The van der Waals surface area contributed by atoms with Gasteiger partial charge in [-0.3, -0.25) is 14.6 Å². The van der Waals surface area contributed by atoms with Crippen LogP contribution in [0.25, 0.3) is 50.5 Å². The third kappa shape index (κ3) is 2.73. The van der Waals surface area contributed by atoms with Crippen molar-refractivity contribution in [3.8, 4) is 21.8 Å². The molecule has 30 heavy (non-hydrogen) atoms. The van der Waals surface area contributed by atoms with Gasteiger partial charge in [-0.1, -0.05) is 19.2 Å². The molecular formula is C22H18N6OS. The van der Waals surface area contributed by atoms with E-state index in [-0.39, 0.29) is 5.56 Å². The Morgan fingerprint density at radius 3 is 2.80 bits per heavy atom. The minimum Gasteiger partial charge on any atom is -0.296 e. The molecule has 0 unspecified atom stereocenters. The van der Waals surface area contributed by atoms with E-state index in [1.807, 2.05) is 29.1 Å². The Morgan fingerprint density at radius 2 is 2.07 bits per heavy atom. The molecule has 0 spiro atoms. The molecule has 4 heterocycles. The van der Waals surface area contributed by atoms with Crippen LogP contribution in [0, 0.1) is 0 Å².